The van der Waals surface area contributed by atoms with E-state index in [2.05, 4.69) is 4.98 Å². The van der Waals surface area contributed by atoms with Gasteiger partial charge in [0, 0.05) is 31.9 Å². The number of hydrogen-bond acceptors (Lipinski definition) is 4. The lowest BCUT2D eigenvalue weighted by atomic mass is 10.2. The second-order valence-electron chi connectivity index (χ2n) is 4.51. The molecule has 0 fully saturated rings. The minimum absolute atomic E-state index is 0.400. The molecule has 0 spiro atoms. The van der Waals surface area contributed by atoms with Gasteiger partial charge in [0.2, 0.25) is 0 Å². The van der Waals surface area contributed by atoms with E-state index in [1.165, 1.54) is 0 Å². The van der Waals surface area contributed by atoms with E-state index in [-0.39, 0.29) is 0 Å². The van der Waals surface area contributed by atoms with Crippen molar-refractivity contribution in [2.24, 2.45) is 5.73 Å². The van der Waals surface area contributed by atoms with Gasteiger partial charge in [-0.2, -0.15) is 0 Å². The van der Waals surface area contributed by atoms with Crippen molar-refractivity contribution in [3.05, 3.63) is 52.7 Å². The standard InChI is InChI=1S/C15H18ClN3O/c1-19(10-11-5-3-4-6-14(11)20-2)15-7-12(8-17)13(16)9-18-15/h3-7,9H,8,10,17H2,1-2H3. The van der Waals surface area contributed by atoms with E-state index in [1.54, 1.807) is 13.3 Å². The second kappa shape index (κ2) is 6.59. The van der Waals surface area contributed by atoms with E-state index in [0.717, 1.165) is 22.7 Å². The Labute approximate surface area is 124 Å². The Bertz CT molecular complexity index is 589. The summed E-state index contributed by atoms with van der Waals surface area (Å²) in [7, 11) is 3.65. The number of nitrogens with two attached hydrogens (primary N) is 1. The summed E-state index contributed by atoms with van der Waals surface area (Å²) >= 11 is 6.03. The summed E-state index contributed by atoms with van der Waals surface area (Å²) in [5, 5.41) is 0.599. The number of pyridine rings is 1. The zero-order valence-electron chi connectivity index (χ0n) is 11.6. The van der Waals surface area contributed by atoms with Crippen LogP contribution in [-0.2, 0) is 13.1 Å². The largest absolute Gasteiger partial charge is 0.496 e. The SMILES string of the molecule is COc1ccccc1CN(C)c1cc(CN)c(Cl)cn1. The van der Waals surface area contributed by atoms with Crippen molar-refractivity contribution in [1.82, 2.24) is 4.98 Å². The predicted molar refractivity (Wildman–Crippen MR) is 82.2 cm³/mol. The number of anilines is 1. The Morgan fingerprint density at radius 3 is 2.75 bits per heavy atom. The molecule has 0 saturated carbocycles. The van der Waals surface area contributed by atoms with Gasteiger partial charge >= 0.3 is 0 Å². The smallest absolute Gasteiger partial charge is 0.128 e. The minimum atomic E-state index is 0.400. The molecular weight excluding hydrogens is 274 g/mol. The van der Waals surface area contributed by atoms with Crippen LogP contribution >= 0.6 is 11.6 Å². The molecule has 2 aromatic rings. The van der Waals surface area contributed by atoms with E-state index < -0.39 is 0 Å². The van der Waals surface area contributed by atoms with Crippen LogP contribution in [0.25, 0.3) is 0 Å². The van der Waals surface area contributed by atoms with Crippen LogP contribution in [-0.4, -0.2) is 19.1 Å². The lowest BCUT2D eigenvalue weighted by Gasteiger charge is -2.20. The zero-order valence-corrected chi connectivity index (χ0v) is 12.4. The van der Waals surface area contributed by atoms with Gasteiger partial charge in [0.25, 0.3) is 0 Å². The molecule has 0 atom stereocenters. The molecule has 1 aromatic heterocycles. The van der Waals surface area contributed by atoms with Crippen LogP contribution in [0.5, 0.6) is 5.75 Å². The van der Waals surface area contributed by atoms with Gasteiger partial charge in [-0.15, -0.1) is 0 Å². The van der Waals surface area contributed by atoms with Crippen molar-refractivity contribution in [3.63, 3.8) is 0 Å². The quantitative estimate of drug-likeness (QED) is 0.920. The Balaban J connectivity index is 2.21. The van der Waals surface area contributed by atoms with Gasteiger partial charge in [0.15, 0.2) is 0 Å². The van der Waals surface area contributed by atoms with Crippen LogP contribution in [0.2, 0.25) is 5.02 Å². The fourth-order valence-electron chi connectivity index (χ4n) is 2.00. The van der Waals surface area contributed by atoms with E-state index in [9.17, 15) is 0 Å². The van der Waals surface area contributed by atoms with Crippen LogP contribution in [0.1, 0.15) is 11.1 Å². The number of nitrogens with zero attached hydrogens (tertiary/aromatic N) is 2. The highest BCUT2D eigenvalue weighted by atomic mass is 35.5. The van der Waals surface area contributed by atoms with Crippen molar-refractivity contribution >= 4 is 17.4 Å². The molecule has 5 heteroatoms. The van der Waals surface area contributed by atoms with E-state index in [4.69, 9.17) is 22.1 Å². The third kappa shape index (κ3) is 3.21. The number of ether oxygens (including phenoxy) is 1. The average Bonchev–Trinajstić information content (AvgIpc) is 2.48. The molecule has 0 amide bonds. The molecule has 0 saturated heterocycles. The van der Waals surface area contributed by atoms with Gasteiger partial charge in [-0.3, -0.25) is 0 Å². The summed E-state index contributed by atoms with van der Waals surface area (Å²) < 4.78 is 5.36. The normalized spacial score (nSPS) is 10.4. The Kier molecular flexibility index (Phi) is 4.82. The fourth-order valence-corrected chi connectivity index (χ4v) is 2.18. The number of halogens is 1. The van der Waals surface area contributed by atoms with Crippen LogP contribution in [0.15, 0.2) is 36.5 Å². The summed E-state index contributed by atoms with van der Waals surface area (Å²) in [4.78, 5) is 6.37. The highest BCUT2D eigenvalue weighted by Crippen LogP contribution is 2.23. The monoisotopic (exact) mass is 291 g/mol. The molecule has 1 aromatic carbocycles. The van der Waals surface area contributed by atoms with E-state index in [1.807, 2.05) is 42.3 Å². The lowest BCUT2D eigenvalue weighted by molar-refractivity contribution is 0.409. The molecule has 106 valence electrons. The Hall–Kier alpha value is -1.78. The maximum absolute atomic E-state index is 6.03. The number of aromatic nitrogens is 1. The summed E-state index contributed by atoms with van der Waals surface area (Å²) in [6, 6.07) is 9.85. The lowest BCUT2D eigenvalue weighted by Crippen LogP contribution is -2.18. The van der Waals surface area contributed by atoms with Crippen LogP contribution in [0.3, 0.4) is 0 Å². The minimum Gasteiger partial charge on any atom is -0.496 e. The summed E-state index contributed by atoms with van der Waals surface area (Å²) in [5.41, 5.74) is 7.66. The van der Waals surface area contributed by atoms with E-state index >= 15 is 0 Å². The van der Waals surface area contributed by atoms with Crippen LogP contribution < -0.4 is 15.4 Å². The first kappa shape index (κ1) is 14.6. The van der Waals surface area contributed by atoms with Crippen molar-refractivity contribution in [1.29, 1.82) is 0 Å². The number of methoxy groups -OCH3 is 1. The summed E-state index contributed by atoms with van der Waals surface area (Å²) in [6.07, 6.45) is 1.64. The molecular formula is C15H18ClN3O. The maximum atomic E-state index is 6.03. The molecule has 20 heavy (non-hydrogen) atoms. The first-order valence-electron chi connectivity index (χ1n) is 6.33. The molecule has 2 rings (SSSR count). The molecule has 2 N–H and O–H groups in total. The van der Waals surface area contributed by atoms with Gasteiger partial charge in [-0.1, -0.05) is 29.8 Å². The fraction of sp³-hybridized carbons (Fsp3) is 0.267. The molecule has 1 heterocycles. The van der Waals surface area contributed by atoms with Gasteiger partial charge in [0.05, 0.1) is 12.1 Å². The van der Waals surface area contributed by atoms with Gasteiger partial charge < -0.3 is 15.4 Å². The average molecular weight is 292 g/mol. The van der Waals surface area contributed by atoms with Crippen molar-refractivity contribution < 1.29 is 4.74 Å². The van der Waals surface area contributed by atoms with Crippen molar-refractivity contribution in [2.75, 3.05) is 19.1 Å². The van der Waals surface area contributed by atoms with Crippen molar-refractivity contribution in [3.8, 4) is 5.75 Å². The van der Waals surface area contributed by atoms with Crippen LogP contribution in [0, 0.1) is 0 Å². The van der Waals surface area contributed by atoms with Gasteiger partial charge in [-0.25, -0.2) is 4.98 Å². The predicted octanol–water partition coefficient (Wildman–Crippen LogP) is 2.84. The highest BCUT2D eigenvalue weighted by Gasteiger charge is 2.09. The number of rotatable bonds is 5. The summed E-state index contributed by atoms with van der Waals surface area (Å²) in [6.45, 7) is 1.10. The zero-order chi connectivity index (χ0) is 14.5. The Morgan fingerprint density at radius 1 is 1.30 bits per heavy atom. The molecule has 0 aliphatic carbocycles. The first-order chi connectivity index (χ1) is 9.65. The third-order valence-corrected chi connectivity index (χ3v) is 3.47. The van der Waals surface area contributed by atoms with E-state index in [0.29, 0.717) is 18.1 Å². The second-order valence-corrected chi connectivity index (χ2v) is 4.91. The maximum Gasteiger partial charge on any atom is 0.128 e. The van der Waals surface area contributed by atoms with Crippen molar-refractivity contribution in [2.45, 2.75) is 13.1 Å². The first-order valence-corrected chi connectivity index (χ1v) is 6.71. The number of hydrogen-bond donors (Lipinski definition) is 1. The number of para-hydroxylation sites is 1. The number of benzene rings is 1. The topological polar surface area (TPSA) is 51.4 Å². The molecule has 0 bridgehead atoms. The molecule has 0 unspecified atom stereocenters. The molecule has 0 aliphatic heterocycles. The molecule has 4 nitrogen and oxygen atoms in total. The van der Waals surface area contributed by atoms with Crippen LogP contribution in [0.4, 0.5) is 5.82 Å². The Morgan fingerprint density at radius 2 is 2.05 bits per heavy atom. The van der Waals surface area contributed by atoms with Gasteiger partial charge in [0.1, 0.15) is 11.6 Å². The molecule has 0 aliphatic rings. The summed E-state index contributed by atoms with van der Waals surface area (Å²) in [5.74, 6) is 1.70. The highest BCUT2D eigenvalue weighted by molar-refractivity contribution is 6.31. The van der Waals surface area contributed by atoms with Gasteiger partial charge in [-0.05, 0) is 17.7 Å². The third-order valence-electron chi connectivity index (χ3n) is 3.13. The molecule has 0 radical (unpaired) electrons.